The number of carbonyl (C=O) groups is 2. The number of carboxylic acids is 1. The van der Waals surface area contributed by atoms with Crippen molar-refractivity contribution in [2.24, 2.45) is 11.3 Å². The second-order valence-corrected chi connectivity index (χ2v) is 6.25. The Labute approximate surface area is 121 Å². The minimum atomic E-state index is -1.01. The molecule has 0 aromatic carbocycles. The number of amides is 2. The van der Waals surface area contributed by atoms with Gasteiger partial charge in [0.1, 0.15) is 6.04 Å². The van der Waals surface area contributed by atoms with E-state index >= 15 is 0 Å². The predicted octanol–water partition coefficient (Wildman–Crippen LogP) is 1.85. The Morgan fingerprint density at radius 1 is 1.30 bits per heavy atom. The van der Waals surface area contributed by atoms with Gasteiger partial charge in [-0.25, -0.2) is 9.59 Å². The number of ether oxygens (including phenoxy) is 1. The van der Waals surface area contributed by atoms with E-state index in [4.69, 9.17) is 9.84 Å². The molecule has 1 atom stereocenters. The second kappa shape index (κ2) is 8.79. The van der Waals surface area contributed by atoms with E-state index in [0.29, 0.717) is 19.6 Å². The number of nitrogens with one attached hydrogen (secondary N) is 2. The molecule has 6 heteroatoms. The number of hydrogen-bond acceptors (Lipinski definition) is 3. The maximum absolute atomic E-state index is 11.7. The number of carbonyl (C=O) groups excluding carboxylic acids is 1. The minimum absolute atomic E-state index is 0.0931. The molecule has 0 spiro atoms. The number of carboxylic acid groups (broad SMARTS) is 1. The second-order valence-electron chi connectivity index (χ2n) is 6.25. The summed E-state index contributed by atoms with van der Waals surface area (Å²) < 4.78 is 5.02. The molecule has 0 aromatic heterocycles. The molecule has 0 unspecified atom stereocenters. The van der Waals surface area contributed by atoms with E-state index in [-0.39, 0.29) is 11.3 Å². The van der Waals surface area contributed by atoms with Crippen molar-refractivity contribution in [3.05, 3.63) is 0 Å². The van der Waals surface area contributed by atoms with Crippen molar-refractivity contribution in [3.8, 4) is 0 Å². The molecule has 118 valence electrons. The fraction of sp³-hybridized carbons (Fsp3) is 0.857. The highest BCUT2D eigenvalue weighted by atomic mass is 16.5. The van der Waals surface area contributed by atoms with Crippen LogP contribution in [0.4, 0.5) is 4.79 Å². The molecule has 0 radical (unpaired) electrons. The van der Waals surface area contributed by atoms with Crippen LogP contribution in [0.3, 0.4) is 0 Å². The van der Waals surface area contributed by atoms with Gasteiger partial charge < -0.3 is 20.5 Å². The highest BCUT2D eigenvalue weighted by Crippen LogP contribution is 2.18. The fourth-order valence-corrected chi connectivity index (χ4v) is 1.69. The highest BCUT2D eigenvalue weighted by Gasteiger charge is 2.23. The summed E-state index contributed by atoms with van der Waals surface area (Å²) in [6.07, 6.45) is 1.23. The summed E-state index contributed by atoms with van der Waals surface area (Å²) in [5.74, 6) is -0.804. The maximum atomic E-state index is 11.7. The van der Waals surface area contributed by atoms with E-state index in [9.17, 15) is 9.59 Å². The lowest BCUT2D eigenvalue weighted by Crippen LogP contribution is -2.48. The zero-order chi connectivity index (χ0) is 15.8. The molecule has 0 aliphatic rings. The first-order valence-electron chi connectivity index (χ1n) is 6.94. The van der Waals surface area contributed by atoms with E-state index in [1.165, 1.54) is 0 Å². The van der Waals surface area contributed by atoms with E-state index < -0.39 is 18.0 Å². The van der Waals surface area contributed by atoms with E-state index in [1.807, 2.05) is 27.7 Å². The van der Waals surface area contributed by atoms with Crippen LogP contribution in [0, 0.1) is 11.3 Å². The smallest absolute Gasteiger partial charge is 0.326 e. The first-order chi connectivity index (χ1) is 9.18. The molecule has 0 aliphatic heterocycles. The Balaban J connectivity index is 4.22. The normalized spacial score (nSPS) is 13.1. The zero-order valence-corrected chi connectivity index (χ0v) is 13.2. The van der Waals surface area contributed by atoms with Crippen molar-refractivity contribution in [1.82, 2.24) is 10.6 Å². The SMILES string of the molecule is COCCC(C)(C)CNC(=O)N[C@H](CC(C)C)C(=O)O. The monoisotopic (exact) mass is 288 g/mol. The topological polar surface area (TPSA) is 87.7 Å². The van der Waals surface area contributed by atoms with Crippen LogP contribution >= 0.6 is 0 Å². The lowest BCUT2D eigenvalue weighted by molar-refractivity contribution is -0.139. The molecule has 0 saturated heterocycles. The number of urea groups is 1. The average Bonchev–Trinajstić information content (AvgIpc) is 2.33. The molecule has 3 N–H and O–H groups in total. The minimum Gasteiger partial charge on any atom is -0.480 e. The maximum Gasteiger partial charge on any atom is 0.326 e. The predicted molar refractivity (Wildman–Crippen MR) is 77.7 cm³/mol. The van der Waals surface area contributed by atoms with Gasteiger partial charge in [-0.1, -0.05) is 27.7 Å². The Bertz CT molecular complexity index is 316. The van der Waals surface area contributed by atoms with Crippen LogP contribution in [0.1, 0.15) is 40.5 Å². The van der Waals surface area contributed by atoms with Gasteiger partial charge in [0.15, 0.2) is 0 Å². The van der Waals surface area contributed by atoms with Gasteiger partial charge in [-0.2, -0.15) is 0 Å². The third-order valence-electron chi connectivity index (χ3n) is 3.02. The molecular formula is C14H28N2O4. The summed E-state index contributed by atoms with van der Waals surface area (Å²) in [4.78, 5) is 22.8. The van der Waals surface area contributed by atoms with Gasteiger partial charge in [-0.05, 0) is 24.2 Å². The standard InChI is InChI=1S/C14H28N2O4/c1-10(2)8-11(12(17)18)16-13(19)15-9-14(3,4)6-7-20-5/h10-11H,6-9H2,1-5H3,(H,17,18)(H2,15,16,19)/t11-/m1/s1. The van der Waals surface area contributed by atoms with E-state index in [2.05, 4.69) is 10.6 Å². The first-order valence-corrected chi connectivity index (χ1v) is 6.94. The van der Waals surface area contributed by atoms with Crippen molar-refractivity contribution in [3.63, 3.8) is 0 Å². The van der Waals surface area contributed by atoms with Crippen LogP contribution in [0.25, 0.3) is 0 Å². The van der Waals surface area contributed by atoms with Gasteiger partial charge in [-0.3, -0.25) is 0 Å². The van der Waals surface area contributed by atoms with Crippen LogP contribution in [0.5, 0.6) is 0 Å². The Kier molecular flexibility index (Phi) is 8.22. The van der Waals surface area contributed by atoms with Crippen LogP contribution in [-0.2, 0) is 9.53 Å². The number of methoxy groups -OCH3 is 1. The largest absolute Gasteiger partial charge is 0.480 e. The van der Waals surface area contributed by atoms with Gasteiger partial charge in [0.2, 0.25) is 0 Å². The molecule has 0 bridgehead atoms. The van der Waals surface area contributed by atoms with E-state index in [0.717, 1.165) is 6.42 Å². The van der Waals surface area contributed by atoms with Gasteiger partial charge in [0.05, 0.1) is 0 Å². The summed E-state index contributed by atoms with van der Waals surface area (Å²) in [5, 5.41) is 14.3. The Morgan fingerprint density at radius 3 is 2.35 bits per heavy atom. The van der Waals surface area contributed by atoms with Crippen LogP contribution in [0.15, 0.2) is 0 Å². The highest BCUT2D eigenvalue weighted by molar-refractivity contribution is 5.82. The van der Waals surface area contributed by atoms with Crippen molar-refractivity contribution < 1.29 is 19.4 Å². The molecule has 2 amide bonds. The first kappa shape index (κ1) is 18.7. The van der Waals surface area contributed by atoms with Crippen molar-refractivity contribution >= 4 is 12.0 Å². The molecule has 20 heavy (non-hydrogen) atoms. The average molecular weight is 288 g/mol. The Morgan fingerprint density at radius 2 is 1.90 bits per heavy atom. The number of rotatable bonds is 9. The van der Waals surface area contributed by atoms with E-state index in [1.54, 1.807) is 7.11 Å². The fourth-order valence-electron chi connectivity index (χ4n) is 1.69. The van der Waals surface area contributed by atoms with Gasteiger partial charge in [0, 0.05) is 20.3 Å². The van der Waals surface area contributed by atoms with Gasteiger partial charge in [0.25, 0.3) is 0 Å². The lowest BCUT2D eigenvalue weighted by Gasteiger charge is -2.25. The summed E-state index contributed by atoms with van der Waals surface area (Å²) in [5.41, 5.74) is -0.0931. The summed E-state index contributed by atoms with van der Waals surface area (Å²) in [6, 6.07) is -1.29. The summed E-state index contributed by atoms with van der Waals surface area (Å²) in [7, 11) is 1.64. The molecule has 0 fully saturated rings. The summed E-state index contributed by atoms with van der Waals surface area (Å²) in [6.45, 7) is 8.98. The third kappa shape index (κ3) is 8.74. The molecule has 6 nitrogen and oxygen atoms in total. The zero-order valence-electron chi connectivity index (χ0n) is 13.2. The lowest BCUT2D eigenvalue weighted by atomic mass is 9.90. The van der Waals surface area contributed by atoms with Crippen LogP contribution in [-0.4, -0.2) is 43.4 Å². The molecule has 0 aliphatic carbocycles. The molecular weight excluding hydrogens is 260 g/mol. The molecule has 0 rings (SSSR count). The number of hydrogen-bond donors (Lipinski definition) is 3. The van der Waals surface area contributed by atoms with Crippen LogP contribution < -0.4 is 10.6 Å². The quantitative estimate of drug-likeness (QED) is 0.604. The van der Waals surface area contributed by atoms with Crippen molar-refractivity contribution in [1.29, 1.82) is 0 Å². The third-order valence-corrected chi connectivity index (χ3v) is 3.02. The van der Waals surface area contributed by atoms with Crippen LogP contribution in [0.2, 0.25) is 0 Å². The molecule has 0 aromatic rings. The Hall–Kier alpha value is -1.30. The van der Waals surface area contributed by atoms with Gasteiger partial charge in [-0.15, -0.1) is 0 Å². The van der Waals surface area contributed by atoms with Crippen molar-refractivity contribution in [2.45, 2.75) is 46.6 Å². The number of aliphatic carboxylic acids is 1. The molecule has 0 heterocycles. The summed E-state index contributed by atoms with van der Waals surface area (Å²) >= 11 is 0. The van der Waals surface area contributed by atoms with Crippen molar-refractivity contribution in [2.75, 3.05) is 20.3 Å². The molecule has 0 saturated carbocycles. The van der Waals surface area contributed by atoms with Gasteiger partial charge >= 0.3 is 12.0 Å².